The number of benzene rings is 4. The van der Waals surface area contributed by atoms with Crippen molar-refractivity contribution in [2.75, 3.05) is 0 Å². The molecule has 0 saturated heterocycles. The van der Waals surface area contributed by atoms with Crippen LogP contribution in [0, 0.1) is 0 Å². The summed E-state index contributed by atoms with van der Waals surface area (Å²) in [7, 11) is -9.65. The minimum absolute atomic E-state index is 0. The maximum atomic E-state index is 12.0. The number of fused-ring (bicyclic) bond motifs is 20. The van der Waals surface area contributed by atoms with E-state index < -0.39 is 30.0 Å². The molecule has 0 fully saturated rings. The van der Waals surface area contributed by atoms with Crippen molar-refractivity contribution < 1.29 is 85.1 Å². The first-order chi connectivity index (χ1) is 23.0. The molecular formula is C32H16N8Na2O6S2. The van der Waals surface area contributed by atoms with Gasteiger partial charge in [-0.3, -0.25) is 0 Å². The monoisotopic (exact) mass is 718 g/mol. The number of hydrogen-bond acceptors (Lipinski definition) is 12. The van der Waals surface area contributed by atoms with Crippen LogP contribution in [-0.4, -0.2) is 65.8 Å². The smallest absolute Gasteiger partial charge is 0.744 e. The van der Waals surface area contributed by atoms with Gasteiger partial charge in [-0.25, -0.2) is 46.7 Å². The molecule has 6 aromatic rings. The molecule has 2 N–H and O–H groups in total. The van der Waals surface area contributed by atoms with Crippen LogP contribution < -0.4 is 59.1 Å². The van der Waals surface area contributed by atoms with Crippen LogP contribution in [0.2, 0.25) is 0 Å². The summed E-state index contributed by atoms with van der Waals surface area (Å²) in [6.45, 7) is 0. The summed E-state index contributed by atoms with van der Waals surface area (Å²) < 4.78 is 72.0. The van der Waals surface area contributed by atoms with E-state index >= 15 is 0 Å². The molecule has 0 radical (unpaired) electrons. The number of aromatic nitrogens is 8. The SMILES string of the molecule is O=S(=O)([O-])c1ccc2c(c1)-c1nc-2nc2nc(nc3nc(nc4[nH]c([nH]1)c1ccc(S(=O)(=O)[O-])cc41)-c1ccccc1-3)-c1ccccc1-2.[Na+].[Na+]. The van der Waals surface area contributed by atoms with Gasteiger partial charge < -0.3 is 19.1 Å². The minimum Gasteiger partial charge on any atom is -0.744 e. The van der Waals surface area contributed by atoms with Gasteiger partial charge >= 0.3 is 59.1 Å². The van der Waals surface area contributed by atoms with Gasteiger partial charge in [0.2, 0.25) is 0 Å². The van der Waals surface area contributed by atoms with Crippen molar-refractivity contribution in [3.8, 4) is 68.3 Å². The van der Waals surface area contributed by atoms with E-state index in [1.165, 1.54) is 36.4 Å². The molecule has 3 aliphatic rings. The average Bonchev–Trinajstić information content (AvgIpc) is 3.79. The van der Waals surface area contributed by atoms with Crippen LogP contribution in [0.4, 0.5) is 0 Å². The first kappa shape index (κ1) is 34.5. The zero-order valence-corrected chi connectivity index (χ0v) is 31.7. The van der Waals surface area contributed by atoms with Gasteiger partial charge in [0.25, 0.3) is 0 Å². The largest absolute Gasteiger partial charge is 1.00 e. The van der Waals surface area contributed by atoms with Crippen molar-refractivity contribution in [3.05, 3.63) is 84.9 Å². The molecule has 9 rings (SSSR count). The summed E-state index contributed by atoms with van der Waals surface area (Å²) in [5.74, 6) is 1.58. The molecule has 0 unspecified atom stereocenters. The van der Waals surface area contributed by atoms with E-state index in [-0.39, 0.29) is 98.8 Å². The molecule has 0 saturated carbocycles. The van der Waals surface area contributed by atoms with Crippen molar-refractivity contribution in [1.82, 2.24) is 39.9 Å². The van der Waals surface area contributed by atoms with Gasteiger partial charge in [-0.2, -0.15) is 0 Å². The molecule has 50 heavy (non-hydrogen) atoms. The van der Waals surface area contributed by atoms with E-state index in [2.05, 4.69) is 15.0 Å². The number of nitrogens with one attached hydrogen (secondary N) is 2. The molecular weight excluding hydrogens is 703 g/mol. The van der Waals surface area contributed by atoms with Gasteiger partial charge in [0, 0.05) is 44.2 Å². The van der Waals surface area contributed by atoms with Crippen LogP contribution in [0.1, 0.15) is 0 Å². The van der Waals surface area contributed by atoms with Crippen molar-refractivity contribution in [1.29, 1.82) is 0 Å². The summed E-state index contributed by atoms with van der Waals surface area (Å²) in [5.41, 5.74) is 3.89. The van der Waals surface area contributed by atoms with Gasteiger partial charge in [-0.15, -0.1) is 0 Å². The molecule has 5 heterocycles. The van der Waals surface area contributed by atoms with Gasteiger partial charge in [0.15, 0.2) is 29.1 Å². The maximum absolute atomic E-state index is 12.0. The Morgan fingerprint density at radius 2 is 0.900 bits per heavy atom. The van der Waals surface area contributed by atoms with E-state index in [1.807, 2.05) is 48.5 Å². The summed E-state index contributed by atoms with van der Waals surface area (Å²) in [4.78, 5) is 33.9. The summed E-state index contributed by atoms with van der Waals surface area (Å²) in [5, 5.41) is 0.710. The second-order valence-corrected chi connectivity index (χ2v) is 13.8. The molecule has 0 aliphatic carbocycles. The predicted octanol–water partition coefficient (Wildman–Crippen LogP) is -1.41. The van der Waals surface area contributed by atoms with Crippen molar-refractivity contribution in [3.63, 3.8) is 0 Å². The van der Waals surface area contributed by atoms with Crippen LogP contribution in [0.3, 0.4) is 0 Å². The number of nitrogens with zero attached hydrogens (tertiary/aromatic N) is 6. The standard InChI is InChI=1S/C32H18N8O6S2.2Na/c41-47(42,43)15-9-11-21-23(13-15)32-38-29(21)36-27-18-6-2-1-5-17(18)25(34-27)33-26-19-7-3-4-8-20(19)28(35-26)37-31-24-14-16(48(44,45)46)10-12-22(24)30(39-31)40-32;;/h1-14H,(H,41,42,43)(H,44,45,46)(H2,33,34,35,36,37,38,39,40);;/q;2*+1/p-2. The summed E-state index contributed by atoms with van der Waals surface area (Å²) >= 11 is 0. The Hall–Kier alpha value is -3.94. The van der Waals surface area contributed by atoms with E-state index in [9.17, 15) is 25.9 Å². The van der Waals surface area contributed by atoms with Gasteiger partial charge in [-0.05, 0) is 36.4 Å². The molecule has 4 aromatic carbocycles. The molecule has 3 aliphatic heterocycles. The minimum atomic E-state index is -4.83. The zero-order chi connectivity index (χ0) is 32.9. The summed E-state index contributed by atoms with van der Waals surface area (Å²) in [6.07, 6.45) is 0. The third-order valence-electron chi connectivity index (χ3n) is 8.17. The van der Waals surface area contributed by atoms with Gasteiger partial charge in [0.1, 0.15) is 37.4 Å². The number of H-pyrrole nitrogens is 2. The fourth-order valence-corrected chi connectivity index (χ4v) is 6.96. The van der Waals surface area contributed by atoms with E-state index in [1.54, 1.807) is 0 Å². The second kappa shape index (κ2) is 12.4. The maximum Gasteiger partial charge on any atom is 1.00 e. The molecule has 2 aromatic heterocycles. The second-order valence-electron chi connectivity index (χ2n) is 11.0. The molecule has 8 bridgehead atoms. The normalized spacial score (nSPS) is 12.2. The Morgan fingerprint density at radius 3 is 1.42 bits per heavy atom. The zero-order valence-electron chi connectivity index (χ0n) is 26.0. The molecule has 0 amide bonds. The number of aromatic amines is 2. The fraction of sp³-hybridized carbons (Fsp3) is 0. The van der Waals surface area contributed by atoms with Gasteiger partial charge in [0.05, 0.1) is 9.79 Å². The van der Waals surface area contributed by atoms with Crippen LogP contribution in [0.5, 0.6) is 0 Å². The van der Waals surface area contributed by atoms with E-state index in [0.29, 0.717) is 50.7 Å². The Balaban J connectivity index is 0.00000196. The average molecular weight is 719 g/mol. The van der Waals surface area contributed by atoms with E-state index in [0.717, 1.165) is 0 Å². The van der Waals surface area contributed by atoms with E-state index in [4.69, 9.17) is 24.9 Å². The molecule has 0 atom stereocenters. The van der Waals surface area contributed by atoms with Crippen LogP contribution in [0.15, 0.2) is 94.7 Å². The van der Waals surface area contributed by atoms with Crippen LogP contribution >= 0.6 is 0 Å². The Bertz CT molecular complexity index is 2880. The fourth-order valence-electron chi connectivity index (χ4n) is 5.96. The molecule has 234 valence electrons. The number of hydrogen-bond donors (Lipinski definition) is 2. The first-order valence-corrected chi connectivity index (χ1v) is 17.0. The first-order valence-electron chi connectivity index (χ1n) is 14.2. The Labute approximate surface area is 327 Å². The third kappa shape index (κ3) is 5.67. The quantitative estimate of drug-likeness (QED) is 0.155. The Kier molecular flexibility index (Phi) is 8.54. The predicted molar refractivity (Wildman–Crippen MR) is 170 cm³/mol. The third-order valence-corrected chi connectivity index (χ3v) is 9.83. The van der Waals surface area contributed by atoms with Crippen molar-refractivity contribution >= 4 is 42.3 Å². The van der Waals surface area contributed by atoms with Crippen LogP contribution in [-0.2, 0) is 20.2 Å². The molecule has 14 nitrogen and oxygen atoms in total. The van der Waals surface area contributed by atoms with Crippen LogP contribution in [0.25, 0.3) is 90.4 Å². The molecule has 18 heteroatoms. The Morgan fingerprint density at radius 1 is 0.460 bits per heavy atom. The van der Waals surface area contributed by atoms with Crippen molar-refractivity contribution in [2.45, 2.75) is 9.79 Å². The van der Waals surface area contributed by atoms with Crippen molar-refractivity contribution in [2.24, 2.45) is 0 Å². The summed E-state index contributed by atoms with van der Waals surface area (Å²) in [6, 6.07) is 22.4. The number of rotatable bonds is 2. The molecule has 0 spiro atoms. The topological polar surface area (TPSA) is 223 Å². The van der Waals surface area contributed by atoms with Gasteiger partial charge in [-0.1, -0.05) is 48.5 Å².